The third kappa shape index (κ3) is 3.36. The van der Waals surface area contributed by atoms with Crippen LogP contribution in [0.15, 0.2) is 47.4 Å². The molecule has 1 aliphatic rings. The number of hydrogen-bond acceptors (Lipinski definition) is 4. The Bertz CT molecular complexity index is 1070. The molecule has 170 valence electrons. The summed E-state index contributed by atoms with van der Waals surface area (Å²) in [6.07, 6.45) is -11.6. The van der Waals surface area contributed by atoms with Crippen LogP contribution in [0.25, 0.3) is 0 Å². The largest absolute Gasteiger partial charge is 0.430 e. The van der Waals surface area contributed by atoms with E-state index in [1.54, 1.807) is 0 Å². The average molecular weight is 471 g/mol. The van der Waals surface area contributed by atoms with Crippen LogP contribution < -0.4 is 5.73 Å². The normalized spacial score (nSPS) is 17.3. The predicted molar refractivity (Wildman–Crippen MR) is 96.0 cm³/mol. The van der Waals surface area contributed by atoms with Gasteiger partial charge in [-0.1, -0.05) is 24.3 Å². The van der Waals surface area contributed by atoms with Gasteiger partial charge in [-0.3, -0.25) is 0 Å². The number of hydrogen-bond donors (Lipinski definition) is 2. The number of sulfone groups is 1. The molecule has 0 aliphatic heterocycles. The Kier molecular flexibility index (Phi) is 5.33. The van der Waals surface area contributed by atoms with Crippen molar-refractivity contribution < 1.29 is 44.3 Å². The smallest absolute Gasteiger partial charge is 0.396 e. The van der Waals surface area contributed by atoms with E-state index in [1.165, 1.54) is 0 Å². The lowest BCUT2D eigenvalue weighted by Crippen LogP contribution is -2.54. The third-order valence-corrected chi connectivity index (χ3v) is 8.15. The van der Waals surface area contributed by atoms with Gasteiger partial charge in [0.05, 0.1) is 10.6 Å². The third-order valence-electron chi connectivity index (χ3n) is 5.60. The van der Waals surface area contributed by atoms with Crippen LogP contribution >= 0.6 is 0 Å². The van der Waals surface area contributed by atoms with E-state index in [-0.39, 0.29) is 23.3 Å². The lowest BCUT2D eigenvalue weighted by Gasteiger charge is -2.42. The molecule has 31 heavy (non-hydrogen) atoms. The second-order valence-corrected chi connectivity index (χ2v) is 9.58. The maximum absolute atomic E-state index is 13.4. The van der Waals surface area contributed by atoms with Crippen molar-refractivity contribution in [2.75, 3.05) is 5.73 Å². The lowest BCUT2D eigenvalue weighted by molar-refractivity contribution is -0.376. The summed E-state index contributed by atoms with van der Waals surface area (Å²) >= 11 is 0. The first kappa shape index (κ1) is 23.3. The Balaban J connectivity index is 2.09. The van der Waals surface area contributed by atoms with Gasteiger partial charge < -0.3 is 10.8 Å². The van der Waals surface area contributed by atoms with E-state index in [0.29, 0.717) is 18.6 Å². The van der Waals surface area contributed by atoms with Gasteiger partial charge in [0.15, 0.2) is 9.84 Å². The monoisotopic (exact) mass is 471 g/mol. The zero-order valence-electron chi connectivity index (χ0n) is 15.6. The number of rotatable bonds is 4. The van der Waals surface area contributed by atoms with Crippen molar-refractivity contribution in [1.29, 1.82) is 0 Å². The van der Waals surface area contributed by atoms with E-state index in [2.05, 4.69) is 0 Å². The summed E-state index contributed by atoms with van der Waals surface area (Å²) in [7, 11) is -4.21. The highest BCUT2D eigenvalue weighted by Crippen LogP contribution is 2.53. The van der Waals surface area contributed by atoms with Crippen molar-refractivity contribution in [2.24, 2.45) is 0 Å². The molecule has 3 rings (SSSR count). The van der Waals surface area contributed by atoms with Crippen molar-refractivity contribution in [3.05, 3.63) is 59.4 Å². The molecule has 0 heterocycles. The SMILES string of the molecule is Nc1cc(S(=O)(=O)C2(c3ccc(C(O)(C(F)(F)F)C(F)(F)F)cc3)CCC2)ccc1F. The van der Waals surface area contributed by atoms with Crippen LogP contribution in [0.1, 0.15) is 30.4 Å². The van der Waals surface area contributed by atoms with Gasteiger partial charge in [0.1, 0.15) is 10.6 Å². The van der Waals surface area contributed by atoms with Gasteiger partial charge in [-0.15, -0.1) is 0 Å². The van der Waals surface area contributed by atoms with E-state index in [1.807, 2.05) is 0 Å². The number of nitrogens with two attached hydrogens (primary N) is 1. The quantitative estimate of drug-likeness (QED) is 0.389. The molecule has 1 aliphatic carbocycles. The molecular weight excluding hydrogens is 455 g/mol. The van der Waals surface area contributed by atoms with Crippen molar-refractivity contribution in [3.8, 4) is 0 Å². The molecule has 2 aromatic carbocycles. The number of halogens is 7. The maximum atomic E-state index is 13.4. The predicted octanol–water partition coefficient (Wildman–Crippen LogP) is 4.57. The van der Waals surface area contributed by atoms with E-state index >= 15 is 0 Å². The molecule has 12 heteroatoms. The highest BCUT2D eigenvalue weighted by molar-refractivity contribution is 7.92. The highest BCUT2D eigenvalue weighted by atomic mass is 32.2. The molecule has 0 saturated heterocycles. The topological polar surface area (TPSA) is 80.4 Å². The van der Waals surface area contributed by atoms with Crippen LogP contribution in [0.5, 0.6) is 0 Å². The molecular formula is C19H16F7NO3S. The van der Waals surface area contributed by atoms with Crippen LogP contribution in [-0.4, -0.2) is 25.9 Å². The maximum Gasteiger partial charge on any atom is 0.430 e. The van der Waals surface area contributed by atoms with E-state index in [9.17, 15) is 44.3 Å². The summed E-state index contributed by atoms with van der Waals surface area (Å²) in [6.45, 7) is 0. The summed E-state index contributed by atoms with van der Waals surface area (Å²) < 4.78 is 117. The molecule has 1 saturated carbocycles. The van der Waals surface area contributed by atoms with Crippen LogP contribution in [0, 0.1) is 5.82 Å². The minimum absolute atomic E-state index is 0.0444. The molecule has 0 unspecified atom stereocenters. The van der Waals surface area contributed by atoms with Crippen LogP contribution in [0.2, 0.25) is 0 Å². The molecule has 0 bridgehead atoms. The number of anilines is 1. The fraction of sp³-hybridized carbons (Fsp3) is 0.368. The lowest BCUT2D eigenvalue weighted by atomic mass is 9.78. The van der Waals surface area contributed by atoms with Gasteiger partial charge in [-0.05, 0) is 43.0 Å². The summed E-state index contributed by atoms with van der Waals surface area (Å²) in [5, 5.41) is 9.50. The Hall–Kier alpha value is -2.34. The molecule has 0 aromatic heterocycles. The number of benzene rings is 2. The molecule has 1 fully saturated rings. The molecule has 0 amide bonds. The van der Waals surface area contributed by atoms with Gasteiger partial charge in [-0.2, -0.15) is 26.3 Å². The molecule has 3 N–H and O–H groups in total. The molecule has 0 spiro atoms. The van der Waals surface area contributed by atoms with Crippen molar-refractivity contribution >= 4 is 15.5 Å². The Labute approximate surface area is 172 Å². The van der Waals surface area contributed by atoms with Gasteiger partial charge in [0.2, 0.25) is 0 Å². The van der Waals surface area contributed by atoms with Gasteiger partial charge >= 0.3 is 12.4 Å². The van der Waals surface area contributed by atoms with Crippen molar-refractivity contribution in [2.45, 2.75) is 46.9 Å². The number of nitrogen functional groups attached to an aromatic ring is 1. The van der Waals surface area contributed by atoms with Crippen molar-refractivity contribution in [1.82, 2.24) is 0 Å². The Morgan fingerprint density at radius 2 is 1.42 bits per heavy atom. The molecule has 0 radical (unpaired) electrons. The fourth-order valence-electron chi connectivity index (χ4n) is 3.63. The molecule has 4 nitrogen and oxygen atoms in total. The fourth-order valence-corrected chi connectivity index (χ4v) is 5.88. The first-order valence-electron chi connectivity index (χ1n) is 8.84. The summed E-state index contributed by atoms with van der Waals surface area (Å²) in [6, 6.07) is 5.20. The van der Waals surface area contributed by atoms with Crippen LogP contribution in [-0.2, 0) is 20.2 Å². The second kappa shape index (κ2) is 7.09. The van der Waals surface area contributed by atoms with Crippen LogP contribution in [0.4, 0.5) is 36.4 Å². The second-order valence-electron chi connectivity index (χ2n) is 7.32. The molecule has 0 atom stereocenters. The van der Waals surface area contributed by atoms with E-state index in [4.69, 9.17) is 5.73 Å². The van der Waals surface area contributed by atoms with Gasteiger partial charge in [0, 0.05) is 5.56 Å². The van der Waals surface area contributed by atoms with Gasteiger partial charge in [-0.25, -0.2) is 12.8 Å². The number of alkyl halides is 6. The number of aliphatic hydroxyl groups is 1. The highest BCUT2D eigenvalue weighted by Gasteiger charge is 2.71. The average Bonchev–Trinajstić information content (AvgIpc) is 2.60. The summed E-state index contributed by atoms with van der Waals surface area (Å²) in [5.41, 5.74) is -1.65. The first-order chi connectivity index (χ1) is 14.1. The van der Waals surface area contributed by atoms with Crippen LogP contribution in [0.3, 0.4) is 0 Å². The first-order valence-corrected chi connectivity index (χ1v) is 10.3. The van der Waals surface area contributed by atoms with Crippen molar-refractivity contribution in [3.63, 3.8) is 0 Å². The zero-order valence-corrected chi connectivity index (χ0v) is 16.4. The minimum Gasteiger partial charge on any atom is -0.396 e. The molecule has 2 aromatic rings. The van der Waals surface area contributed by atoms with E-state index in [0.717, 1.165) is 30.3 Å². The Morgan fingerprint density at radius 1 is 0.903 bits per heavy atom. The Morgan fingerprint density at radius 3 is 1.81 bits per heavy atom. The summed E-state index contributed by atoms with van der Waals surface area (Å²) in [5.74, 6) is -0.843. The minimum atomic E-state index is -6.06. The standard InChI is InChI=1S/C19H16F7NO3S/c20-14-7-6-13(10-15(14)27)31(29,30)16(8-1-9-16)11-2-4-12(5-3-11)17(28,18(21,22)23)19(24,25)26/h2-7,10,28H,1,8-9,27H2. The zero-order chi connectivity index (χ0) is 23.5. The van der Waals surface area contributed by atoms with E-state index < -0.39 is 49.6 Å². The summed E-state index contributed by atoms with van der Waals surface area (Å²) in [4.78, 5) is -0.322. The van der Waals surface area contributed by atoms with Gasteiger partial charge in [0.25, 0.3) is 5.60 Å².